The fourth-order valence-electron chi connectivity index (χ4n) is 2.26. The number of sulfonamides is 1. The number of hydrogen-bond acceptors (Lipinski definition) is 3. The van der Waals surface area contributed by atoms with E-state index in [4.69, 9.17) is 5.73 Å². The van der Waals surface area contributed by atoms with Gasteiger partial charge in [0.15, 0.2) is 0 Å². The highest BCUT2D eigenvalue weighted by Gasteiger charge is 2.42. The van der Waals surface area contributed by atoms with Crippen molar-refractivity contribution in [1.82, 2.24) is 4.72 Å². The summed E-state index contributed by atoms with van der Waals surface area (Å²) in [6.07, 6.45) is 1.79. The molecule has 1 saturated carbocycles. The third-order valence-electron chi connectivity index (χ3n) is 3.61. The first-order valence-electron chi connectivity index (χ1n) is 6.06. The van der Waals surface area contributed by atoms with Crippen LogP contribution in [0.5, 0.6) is 0 Å². The quantitative estimate of drug-likeness (QED) is 0.824. The highest BCUT2D eigenvalue weighted by molar-refractivity contribution is 7.89. The predicted molar refractivity (Wildman–Crippen MR) is 73.0 cm³/mol. The molecule has 1 aromatic carbocycles. The van der Waals surface area contributed by atoms with Crippen LogP contribution in [0.25, 0.3) is 0 Å². The van der Waals surface area contributed by atoms with Crippen LogP contribution in [0.1, 0.15) is 36.5 Å². The van der Waals surface area contributed by atoms with Gasteiger partial charge in [0.25, 0.3) is 0 Å². The van der Waals surface area contributed by atoms with Crippen molar-refractivity contribution in [3.8, 4) is 0 Å². The van der Waals surface area contributed by atoms with Crippen LogP contribution in [-0.2, 0) is 10.0 Å². The van der Waals surface area contributed by atoms with Crippen LogP contribution in [0.3, 0.4) is 0 Å². The molecular formula is C13H20N2O2S. The number of hydrogen-bond donors (Lipinski definition) is 2. The van der Waals surface area contributed by atoms with Crippen LogP contribution in [0.15, 0.2) is 11.0 Å². The van der Waals surface area contributed by atoms with Crippen molar-refractivity contribution in [1.29, 1.82) is 0 Å². The minimum Gasteiger partial charge on any atom is -0.398 e. The summed E-state index contributed by atoms with van der Waals surface area (Å²) in [4.78, 5) is 0.332. The molecule has 0 atom stereocenters. The summed E-state index contributed by atoms with van der Waals surface area (Å²) >= 11 is 0. The molecule has 2 rings (SSSR count). The van der Waals surface area contributed by atoms with Crippen molar-refractivity contribution >= 4 is 15.7 Å². The van der Waals surface area contributed by atoms with Gasteiger partial charge in [-0.05, 0) is 57.2 Å². The maximum absolute atomic E-state index is 12.4. The summed E-state index contributed by atoms with van der Waals surface area (Å²) < 4.78 is 27.6. The van der Waals surface area contributed by atoms with Gasteiger partial charge < -0.3 is 5.73 Å². The van der Waals surface area contributed by atoms with Crippen LogP contribution in [0, 0.1) is 20.8 Å². The van der Waals surface area contributed by atoms with Crippen LogP contribution >= 0.6 is 0 Å². The number of nitrogens with one attached hydrogen (secondary N) is 1. The van der Waals surface area contributed by atoms with Gasteiger partial charge in [-0.25, -0.2) is 13.1 Å². The van der Waals surface area contributed by atoms with Crippen molar-refractivity contribution in [2.24, 2.45) is 0 Å². The largest absolute Gasteiger partial charge is 0.398 e. The van der Waals surface area contributed by atoms with E-state index < -0.39 is 10.0 Å². The molecule has 0 aromatic heterocycles. The minimum absolute atomic E-state index is 0.267. The lowest BCUT2D eigenvalue weighted by molar-refractivity contribution is 0.557. The molecule has 1 aromatic rings. The van der Waals surface area contributed by atoms with Crippen LogP contribution in [0.4, 0.5) is 5.69 Å². The predicted octanol–water partition coefficient (Wildman–Crippen LogP) is 2.02. The second kappa shape index (κ2) is 3.96. The summed E-state index contributed by atoms with van der Waals surface area (Å²) in [5, 5.41) is 0. The van der Waals surface area contributed by atoms with E-state index in [1.807, 2.05) is 26.8 Å². The Labute approximate surface area is 109 Å². The Hall–Kier alpha value is -1.07. The van der Waals surface area contributed by atoms with Crippen molar-refractivity contribution in [3.05, 3.63) is 22.8 Å². The molecule has 3 N–H and O–H groups in total. The SMILES string of the molecule is Cc1cc(C)c(S(=O)(=O)NC2(C)CC2)c(C)c1N. The first-order valence-corrected chi connectivity index (χ1v) is 7.55. The smallest absolute Gasteiger partial charge is 0.241 e. The fourth-order valence-corrected chi connectivity index (χ4v) is 4.21. The van der Waals surface area contributed by atoms with Gasteiger partial charge in [0.2, 0.25) is 10.0 Å². The van der Waals surface area contributed by atoms with Gasteiger partial charge in [0, 0.05) is 11.2 Å². The zero-order chi connectivity index (χ0) is 13.7. The average Bonchev–Trinajstić information content (AvgIpc) is 2.90. The summed E-state index contributed by atoms with van der Waals surface area (Å²) in [5.41, 5.74) is 8.53. The third kappa shape index (κ3) is 2.24. The Bertz CT molecular complexity index is 602. The van der Waals surface area contributed by atoms with Crippen LogP contribution < -0.4 is 10.5 Å². The average molecular weight is 268 g/mol. The van der Waals surface area contributed by atoms with Crippen molar-refractivity contribution in [3.63, 3.8) is 0 Å². The summed E-state index contributed by atoms with van der Waals surface area (Å²) in [5.74, 6) is 0. The van der Waals surface area contributed by atoms with E-state index in [1.165, 1.54) is 0 Å². The maximum Gasteiger partial charge on any atom is 0.241 e. The van der Waals surface area contributed by atoms with Crippen LogP contribution in [0.2, 0.25) is 0 Å². The van der Waals surface area contributed by atoms with Gasteiger partial charge in [-0.1, -0.05) is 6.07 Å². The van der Waals surface area contributed by atoms with E-state index >= 15 is 0 Å². The fraction of sp³-hybridized carbons (Fsp3) is 0.538. The Morgan fingerprint density at radius 2 is 1.78 bits per heavy atom. The van der Waals surface area contributed by atoms with E-state index in [1.54, 1.807) is 6.92 Å². The zero-order valence-electron chi connectivity index (χ0n) is 11.3. The molecule has 0 unspecified atom stereocenters. The molecule has 0 bridgehead atoms. The summed E-state index contributed by atoms with van der Waals surface area (Å²) in [6.45, 7) is 7.39. The number of nitrogens with two attached hydrogens (primary N) is 1. The van der Waals surface area contributed by atoms with Crippen LogP contribution in [-0.4, -0.2) is 14.0 Å². The number of nitrogen functional groups attached to an aromatic ring is 1. The number of benzene rings is 1. The molecule has 1 aliphatic carbocycles. The van der Waals surface area contributed by atoms with Crippen molar-refractivity contribution in [2.75, 3.05) is 5.73 Å². The Balaban J connectivity index is 2.54. The molecule has 0 heterocycles. The zero-order valence-corrected chi connectivity index (χ0v) is 12.1. The second-order valence-corrected chi connectivity index (χ2v) is 7.16. The molecule has 0 amide bonds. The highest BCUT2D eigenvalue weighted by atomic mass is 32.2. The number of rotatable bonds is 3. The molecule has 0 saturated heterocycles. The van der Waals surface area contributed by atoms with E-state index in [0.717, 1.165) is 24.0 Å². The Morgan fingerprint density at radius 1 is 1.22 bits per heavy atom. The van der Waals surface area contributed by atoms with E-state index in [-0.39, 0.29) is 5.54 Å². The topological polar surface area (TPSA) is 72.2 Å². The van der Waals surface area contributed by atoms with Crippen molar-refractivity contribution < 1.29 is 8.42 Å². The first kappa shape index (κ1) is 13.4. The number of anilines is 1. The Kier molecular flexibility index (Phi) is 2.94. The molecule has 0 radical (unpaired) electrons. The van der Waals surface area contributed by atoms with Crippen molar-refractivity contribution in [2.45, 2.75) is 51.0 Å². The molecule has 100 valence electrons. The molecular weight excluding hydrogens is 248 g/mol. The lowest BCUT2D eigenvalue weighted by Gasteiger charge is -2.18. The van der Waals surface area contributed by atoms with Gasteiger partial charge in [0.05, 0.1) is 4.90 Å². The van der Waals surface area contributed by atoms with Gasteiger partial charge in [-0.3, -0.25) is 0 Å². The normalized spacial score (nSPS) is 17.8. The van der Waals surface area contributed by atoms with Gasteiger partial charge in [0.1, 0.15) is 0 Å². The van der Waals surface area contributed by atoms with E-state index in [0.29, 0.717) is 16.1 Å². The van der Waals surface area contributed by atoms with Gasteiger partial charge in [-0.15, -0.1) is 0 Å². The minimum atomic E-state index is -3.49. The molecule has 0 aliphatic heterocycles. The first-order chi connectivity index (χ1) is 8.16. The molecule has 0 spiro atoms. The molecule has 4 nitrogen and oxygen atoms in total. The molecule has 1 aliphatic rings. The van der Waals surface area contributed by atoms with E-state index in [2.05, 4.69) is 4.72 Å². The molecule has 1 fully saturated rings. The van der Waals surface area contributed by atoms with Gasteiger partial charge >= 0.3 is 0 Å². The monoisotopic (exact) mass is 268 g/mol. The standard InChI is InChI=1S/C13H20N2O2S/c1-8-7-9(2)12(10(3)11(8)14)18(16,17)15-13(4)5-6-13/h7,15H,5-6,14H2,1-4H3. The summed E-state index contributed by atoms with van der Waals surface area (Å²) in [6, 6.07) is 1.83. The summed E-state index contributed by atoms with van der Waals surface area (Å²) in [7, 11) is -3.49. The second-order valence-electron chi connectivity index (χ2n) is 5.54. The number of aryl methyl sites for hydroxylation is 2. The Morgan fingerprint density at radius 3 is 2.28 bits per heavy atom. The molecule has 5 heteroatoms. The molecule has 18 heavy (non-hydrogen) atoms. The highest BCUT2D eigenvalue weighted by Crippen LogP contribution is 2.37. The third-order valence-corrected chi connectivity index (χ3v) is 5.54. The lowest BCUT2D eigenvalue weighted by Crippen LogP contribution is -2.35. The lowest BCUT2D eigenvalue weighted by atomic mass is 10.1. The van der Waals surface area contributed by atoms with Gasteiger partial charge in [-0.2, -0.15) is 0 Å². The van der Waals surface area contributed by atoms with E-state index in [9.17, 15) is 8.42 Å². The maximum atomic E-state index is 12.4.